The lowest BCUT2D eigenvalue weighted by Crippen LogP contribution is -2.25. The molecule has 0 spiro atoms. The number of rotatable bonds is 5. The van der Waals surface area contributed by atoms with E-state index in [9.17, 15) is 9.59 Å². The number of aromatic nitrogens is 1. The maximum absolute atomic E-state index is 11.2. The Balaban J connectivity index is 2.42. The average molecular weight is 211 g/mol. The molecule has 0 aliphatic carbocycles. The maximum Gasteiger partial charge on any atom is 0.332 e. The molecule has 0 amide bonds. The second kappa shape index (κ2) is 5.31. The summed E-state index contributed by atoms with van der Waals surface area (Å²) in [6.45, 7) is 2.02. The Kier molecular flexibility index (Phi) is 4.05. The molecule has 1 N–H and O–H groups in total. The predicted molar refractivity (Wildman–Crippen MR) is 53.8 cm³/mol. The summed E-state index contributed by atoms with van der Waals surface area (Å²) in [5, 5.41) is 8.54. The molecule has 0 radical (unpaired) electrons. The second-order valence-corrected chi connectivity index (χ2v) is 3.08. The summed E-state index contributed by atoms with van der Waals surface area (Å²) in [4.78, 5) is 21.6. The highest BCUT2D eigenvalue weighted by molar-refractivity contribution is 5.71. The average Bonchev–Trinajstić information content (AvgIpc) is 2.20. The van der Waals surface area contributed by atoms with Crippen molar-refractivity contribution >= 4 is 5.97 Å². The van der Waals surface area contributed by atoms with E-state index in [0.29, 0.717) is 6.54 Å². The molecular weight excluding hydrogens is 198 g/mol. The van der Waals surface area contributed by atoms with Crippen molar-refractivity contribution in [3.63, 3.8) is 0 Å². The van der Waals surface area contributed by atoms with Gasteiger partial charge in [-0.15, -0.1) is 0 Å². The van der Waals surface area contributed by atoms with Crippen molar-refractivity contribution in [2.75, 3.05) is 6.61 Å². The highest BCUT2D eigenvalue weighted by atomic mass is 16.5. The van der Waals surface area contributed by atoms with Crippen molar-refractivity contribution in [3.05, 3.63) is 34.7 Å². The van der Waals surface area contributed by atoms with E-state index in [1.807, 2.05) is 0 Å². The van der Waals surface area contributed by atoms with Crippen molar-refractivity contribution in [1.82, 2.24) is 4.57 Å². The van der Waals surface area contributed by atoms with Gasteiger partial charge in [-0.2, -0.15) is 0 Å². The van der Waals surface area contributed by atoms with Gasteiger partial charge in [-0.25, -0.2) is 4.79 Å². The summed E-state index contributed by atoms with van der Waals surface area (Å²) in [6.07, 6.45) is 0.793. The monoisotopic (exact) mass is 211 g/mol. The molecule has 0 bridgehead atoms. The number of aliphatic carboxylic acids is 1. The molecule has 5 nitrogen and oxygen atoms in total. The van der Waals surface area contributed by atoms with Crippen LogP contribution in [0.3, 0.4) is 0 Å². The first-order chi connectivity index (χ1) is 7.11. The van der Waals surface area contributed by atoms with Crippen LogP contribution in [-0.4, -0.2) is 28.4 Å². The molecule has 0 aliphatic heterocycles. The number of carbonyl (C=O) groups is 1. The SMILES string of the molecule is CC(OCCn1ccccc1=O)C(=O)O. The van der Waals surface area contributed by atoms with E-state index in [1.54, 1.807) is 18.3 Å². The van der Waals surface area contributed by atoms with Gasteiger partial charge in [-0.3, -0.25) is 4.79 Å². The van der Waals surface area contributed by atoms with Crippen molar-refractivity contribution in [3.8, 4) is 0 Å². The molecule has 82 valence electrons. The van der Waals surface area contributed by atoms with Gasteiger partial charge in [-0.1, -0.05) is 6.07 Å². The normalized spacial score (nSPS) is 12.3. The zero-order valence-electron chi connectivity index (χ0n) is 8.42. The van der Waals surface area contributed by atoms with Gasteiger partial charge in [-0.05, 0) is 13.0 Å². The van der Waals surface area contributed by atoms with E-state index in [1.165, 1.54) is 17.6 Å². The molecule has 5 heteroatoms. The Hall–Kier alpha value is -1.62. The summed E-state index contributed by atoms with van der Waals surface area (Å²) in [5.74, 6) is -1.00. The van der Waals surface area contributed by atoms with Crippen LogP contribution in [-0.2, 0) is 16.1 Å². The van der Waals surface area contributed by atoms with Gasteiger partial charge >= 0.3 is 5.97 Å². The van der Waals surface area contributed by atoms with Gasteiger partial charge in [0.2, 0.25) is 0 Å². The van der Waals surface area contributed by atoms with Crippen LogP contribution in [0.1, 0.15) is 6.92 Å². The Morgan fingerprint density at radius 3 is 2.93 bits per heavy atom. The number of carboxylic acid groups (broad SMARTS) is 1. The molecule has 0 fully saturated rings. The Morgan fingerprint density at radius 1 is 1.60 bits per heavy atom. The Bertz CT molecular complexity index is 385. The second-order valence-electron chi connectivity index (χ2n) is 3.08. The van der Waals surface area contributed by atoms with Crippen molar-refractivity contribution in [1.29, 1.82) is 0 Å². The zero-order valence-corrected chi connectivity index (χ0v) is 8.42. The fourth-order valence-electron chi connectivity index (χ4n) is 1.04. The fourth-order valence-corrected chi connectivity index (χ4v) is 1.04. The molecule has 1 atom stereocenters. The lowest BCUT2D eigenvalue weighted by molar-refractivity contribution is -0.149. The molecule has 15 heavy (non-hydrogen) atoms. The number of ether oxygens (including phenoxy) is 1. The van der Waals surface area contributed by atoms with Gasteiger partial charge in [0.05, 0.1) is 6.61 Å². The third-order valence-corrected chi connectivity index (χ3v) is 1.95. The van der Waals surface area contributed by atoms with Gasteiger partial charge in [0, 0.05) is 18.8 Å². The third-order valence-electron chi connectivity index (χ3n) is 1.95. The molecule has 1 aromatic heterocycles. The van der Waals surface area contributed by atoms with Gasteiger partial charge in [0.1, 0.15) is 0 Å². The van der Waals surface area contributed by atoms with Crippen molar-refractivity contribution < 1.29 is 14.6 Å². The molecule has 0 aliphatic rings. The van der Waals surface area contributed by atoms with E-state index in [2.05, 4.69) is 0 Å². The molecule has 1 aromatic rings. The highest BCUT2D eigenvalue weighted by Gasteiger charge is 2.10. The number of hydrogen-bond donors (Lipinski definition) is 1. The zero-order chi connectivity index (χ0) is 11.3. The van der Waals surface area contributed by atoms with Crippen molar-refractivity contribution in [2.45, 2.75) is 19.6 Å². The summed E-state index contributed by atoms with van der Waals surface area (Å²) >= 11 is 0. The summed E-state index contributed by atoms with van der Waals surface area (Å²) < 4.78 is 6.47. The summed E-state index contributed by atoms with van der Waals surface area (Å²) in [6, 6.07) is 4.84. The number of nitrogens with zero attached hydrogens (tertiary/aromatic N) is 1. The van der Waals surface area contributed by atoms with E-state index >= 15 is 0 Å². The first-order valence-corrected chi connectivity index (χ1v) is 4.61. The van der Waals surface area contributed by atoms with Crippen LogP contribution in [0.25, 0.3) is 0 Å². The largest absolute Gasteiger partial charge is 0.479 e. The van der Waals surface area contributed by atoms with E-state index < -0.39 is 12.1 Å². The van der Waals surface area contributed by atoms with Crippen LogP contribution in [0.2, 0.25) is 0 Å². The van der Waals surface area contributed by atoms with Crippen LogP contribution < -0.4 is 5.56 Å². The minimum absolute atomic E-state index is 0.121. The molecule has 0 saturated heterocycles. The molecule has 0 saturated carbocycles. The lowest BCUT2D eigenvalue weighted by Gasteiger charge is -2.09. The first kappa shape index (κ1) is 11.5. The number of pyridine rings is 1. The lowest BCUT2D eigenvalue weighted by atomic mass is 10.4. The minimum Gasteiger partial charge on any atom is -0.479 e. The first-order valence-electron chi connectivity index (χ1n) is 4.61. The van der Waals surface area contributed by atoms with Gasteiger partial charge in [0.15, 0.2) is 6.10 Å². The molecule has 1 heterocycles. The molecule has 0 aromatic carbocycles. The van der Waals surface area contributed by atoms with E-state index in [4.69, 9.17) is 9.84 Å². The van der Waals surface area contributed by atoms with Crippen LogP contribution >= 0.6 is 0 Å². The number of carboxylic acids is 1. The minimum atomic E-state index is -1.00. The molecule has 1 rings (SSSR count). The third kappa shape index (κ3) is 3.55. The quantitative estimate of drug-likeness (QED) is 0.762. The van der Waals surface area contributed by atoms with Crippen LogP contribution in [0.4, 0.5) is 0 Å². The summed E-state index contributed by atoms with van der Waals surface area (Å²) in [5.41, 5.74) is -0.121. The maximum atomic E-state index is 11.2. The predicted octanol–water partition coefficient (Wildman–Crippen LogP) is 0.338. The topological polar surface area (TPSA) is 68.5 Å². The highest BCUT2D eigenvalue weighted by Crippen LogP contribution is 1.91. The molecular formula is C10H13NO4. The van der Waals surface area contributed by atoms with Crippen LogP contribution in [0.5, 0.6) is 0 Å². The van der Waals surface area contributed by atoms with E-state index in [-0.39, 0.29) is 12.2 Å². The standard InChI is InChI=1S/C10H13NO4/c1-8(10(13)14)15-7-6-11-5-3-2-4-9(11)12/h2-5,8H,6-7H2,1H3,(H,13,14). The van der Waals surface area contributed by atoms with Crippen molar-refractivity contribution in [2.24, 2.45) is 0 Å². The Morgan fingerprint density at radius 2 is 2.33 bits per heavy atom. The van der Waals surface area contributed by atoms with Gasteiger partial charge < -0.3 is 14.4 Å². The van der Waals surface area contributed by atoms with Gasteiger partial charge in [0.25, 0.3) is 5.56 Å². The Labute approximate surface area is 86.9 Å². The number of hydrogen-bond acceptors (Lipinski definition) is 3. The van der Waals surface area contributed by atoms with Crippen LogP contribution in [0.15, 0.2) is 29.2 Å². The molecule has 1 unspecified atom stereocenters. The smallest absolute Gasteiger partial charge is 0.332 e. The van der Waals surface area contributed by atoms with Crippen LogP contribution in [0, 0.1) is 0 Å². The summed E-state index contributed by atoms with van der Waals surface area (Å²) in [7, 11) is 0. The van der Waals surface area contributed by atoms with E-state index in [0.717, 1.165) is 0 Å². The fraction of sp³-hybridized carbons (Fsp3) is 0.400.